The number of carbonyl (C=O) groups excluding carboxylic acids is 2. The molecule has 142 valence electrons. The van der Waals surface area contributed by atoms with Crippen LogP contribution in [0.3, 0.4) is 0 Å². The Labute approximate surface area is 165 Å². The van der Waals surface area contributed by atoms with Gasteiger partial charge < -0.3 is 10.1 Å². The molecule has 0 fully saturated rings. The molecule has 3 rings (SSSR count). The van der Waals surface area contributed by atoms with Gasteiger partial charge in [-0.15, -0.1) is 0 Å². The Bertz CT molecular complexity index is 906. The molecule has 0 bridgehead atoms. The van der Waals surface area contributed by atoms with Gasteiger partial charge in [0.05, 0.1) is 13.2 Å². The zero-order chi connectivity index (χ0) is 19.8. The third-order valence-corrected chi connectivity index (χ3v) is 4.56. The van der Waals surface area contributed by atoms with E-state index in [1.165, 1.54) is 0 Å². The molecule has 0 saturated heterocycles. The van der Waals surface area contributed by atoms with Crippen molar-refractivity contribution in [3.63, 3.8) is 0 Å². The Morgan fingerprint density at radius 3 is 1.96 bits per heavy atom. The standard InChI is InChI=1S/C24H23NO3/c1-28-21-14-12-20(13-15-21)24(19-10-6-3-7-11-19)25-23(27)17-16-22(26)18-8-4-2-5-9-18/h2-15,24H,16-17H2,1H3,(H,25,27). The van der Waals surface area contributed by atoms with Crippen molar-refractivity contribution >= 4 is 11.7 Å². The number of carbonyl (C=O) groups is 2. The maximum absolute atomic E-state index is 12.6. The van der Waals surface area contributed by atoms with Crippen LogP contribution < -0.4 is 10.1 Å². The summed E-state index contributed by atoms with van der Waals surface area (Å²) in [5.41, 5.74) is 2.57. The van der Waals surface area contributed by atoms with E-state index < -0.39 is 0 Å². The Hall–Kier alpha value is -3.40. The molecule has 28 heavy (non-hydrogen) atoms. The Morgan fingerprint density at radius 1 is 0.786 bits per heavy atom. The number of hydrogen-bond donors (Lipinski definition) is 1. The normalized spacial score (nSPS) is 11.5. The van der Waals surface area contributed by atoms with Crippen LogP contribution in [0.15, 0.2) is 84.9 Å². The fourth-order valence-electron chi connectivity index (χ4n) is 3.03. The van der Waals surface area contributed by atoms with Gasteiger partial charge in [0.15, 0.2) is 5.78 Å². The van der Waals surface area contributed by atoms with E-state index in [0.717, 1.165) is 16.9 Å². The molecule has 0 spiro atoms. The number of nitrogens with one attached hydrogen (secondary N) is 1. The van der Waals surface area contributed by atoms with Crippen LogP contribution in [-0.2, 0) is 4.79 Å². The van der Waals surface area contributed by atoms with Crippen molar-refractivity contribution in [3.05, 3.63) is 102 Å². The monoisotopic (exact) mass is 373 g/mol. The van der Waals surface area contributed by atoms with E-state index in [-0.39, 0.29) is 30.6 Å². The summed E-state index contributed by atoms with van der Waals surface area (Å²) in [4.78, 5) is 24.8. The zero-order valence-electron chi connectivity index (χ0n) is 15.8. The second-order valence-electron chi connectivity index (χ2n) is 6.47. The topological polar surface area (TPSA) is 55.4 Å². The van der Waals surface area contributed by atoms with E-state index in [9.17, 15) is 9.59 Å². The molecule has 0 aliphatic heterocycles. The van der Waals surface area contributed by atoms with E-state index >= 15 is 0 Å². The number of Topliss-reactive ketones (excluding diaryl/α,β-unsaturated/α-hetero) is 1. The number of hydrogen-bond acceptors (Lipinski definition) is 3. The van der Waals surface area contributed by atoms with Gasteiger partial charge in [-0.3, -0.25) is 9.59 Å². The molecule has 4 nitrogen and oxygen atoms in total. The van der Waals surface area contributed by atoms with Gasteiger partial charge in [0.1, 0.15) is 5.75 Å². The summed E-state index contributed by atoms with van der Waals surface area (Å²) in [6.07, 6.45) is 0.327. The Kier molecular flexibility index (Phi) is 6.58. The summed E-state index contributed by atoms with van der Waals surface area (Å²) in [5, 5.41) is 3.06. The number of amides is 1. The smallest absolute Gasteiger partial charge is 0.221 e. The lowest BCUT2D eigenvalue weighted by Gasteiger charge is -2.20. The predicted molar refractivity (Wildman–Crippen MR) is 109 cm³/mol. The summed E-state index contributed by atoms with van der Waals surface area (Å²) >= 11 is 0. The van der Waals surface area contributed by atoms with Crippen LogP contribution in [0.5, 0.6) is 5.75 Å². The van der Waals surface area contributed by atoms with Gasteiger partial charge in [-0.1, -0.05) is 72.8 Å². The van der Waals surface area contributed by atoms with Gasteiger partial charge in [0, 0.05) is 18.4 Å². The predicted octanol–water partition coefficient (Wildman–Crippen LogP) is 4.56. The van der Waals surface area contributed by atoms with Crippen LogP contribution in [0.4, 0.5) is 0 Å². The second-order valence-corrected chi connectivity index (χ2v) is 6.47. The largest absolute Gasteiger partial charge is 0.497 e. The average Bonchev–Trinajstić information content (AvgIpc) is 2.77. The first-order valence-corrected chi connectivity index (χ1v) is 9.24. The van der Waals surface area contributed by atoms with Gasteiger partial charge in [0.2, 0.25) is 5.91 Å². The highest BCUT2D eigenvalue weighted by molar-refractivity contribution is 5.97. The highest BCUT2D eigenvalue weighted by atomic mass is 16.5. The van der Waals surface area contributed by atoms with Gasteiger partial charge in [0.25, 0.3) is 0 Å². The molecule has 1 N–H and O–H groups in total. The van der Waals surface area contributed by atoms with Crippen LogP contribution in [0.1, 0.15) is 40.4 Å². The number of rotatable bonds is 8. The maximum Gasteiger partial charge on any atom is 0.221 e. The van der Waals surface area contributed by atoms with Gasteiger partial charge in [-0.2, -0.15) is 0 Å². The Morgan fingerprint density at radius 2 is 1.36 bits per heavy atom. The highest BCUT2D eigenvalue weighted by Gasteiger charge is 2.18. The molecule has 1 atom stereocenters. The summed E-state index contributed by atoms with van der Waals surface area (Å²) in [7, 11) is 1.62. The Balaban J connectivity index is 1.70. The van der Waals surface area contributed by atoms with E-state index in [1.54, 1.807) is 19.2 Å². The van der Waals surface area contributed by atoms with Gasteiger partial charge in [-0.25, -0.2) is 0 Å². The van der Waals surface area contributed by atoms with Crippen molar-refractivity contribution < 1.29 is 14.3 Å². The molecule has 4 heteroatoms. The van der Waals surface area contributed by atoms with Crippen LogP contribution in [0.25, 0.3) is 0 Å². The molecular formula is C24H23NO3. The van der Waals surface area contributed by atoms with E-state index in [0.29, 0.717) is 5.56 Å². The minimum atomic E-state index is -0.286. The molecule has 3 aromatic carbocycles. The molecule has 0 radical (unpaired) electrons. The number of methoxy groups -OCH3 is 1. The van der Waals surface area contributed by atoms with Crippen molar-refractivity contribution in [2.75, 3.05) is 7.11 Å². The molecule has 0 heterocycles. The van der Waals surface area contributed by atoms with Crippen molar-refractivity contribution in [2.45, 2.75) is 18.9 Å². The minimum Gasteiger partial charge on any atom is -0.497 e. The van der Waals surface area contributed by atoms with Crippen molar-refractivity contribution in [1.29, 1.82) is 0 Å². The SMILES string of the molecule is COc1ccc(C(NC(=O)CCC(=O)c2ccccc2)c2ccccc2)cc1. The van der Waals surface area contributed by atoms with E-state index in [1.807, 2.05) is 72.8 Å². The van der Waals surface area contributed by atoms with Crippen molar-refractivity contribution in [2.24, 2.45) is 0 Å². The third-order valence-electron chi connectivity index (χ3n) is 4.56. The lowest BCUT2D eigenvalue weighted by atomic mass is 9.98. The van der Waals surface area contributed by atoms with Crippen molar-refractivity contribution in [1.82, 2.24) is 5.32 Å². The third kappa shape index (κ3) is 5.07. The summed E-state index contributed by atoms with van der Waals surface area (Å²) in [6.45, 7) is 0. The lowest BCUT2D eigenvalue weighted by Crippen LogP contribution is -2.29. The first-order valence-electron chi connectivity index (χ1n) is 9.24. The molecule has 0 aromatic heterocycles. The lowest BCUT2D eigenvalue weighted by molar-refractivity contribution is -0.121. The fourth-order valence-corrected chi connectivity index (χ4v) is 3.03. The van der Waals surface area contributed by atoms with Gasteiger partial charge >= 0.3 is 0 Å². The number of benzene rings is 3. The minimum absolute atomic E-state index is 0.0311. The average molecular weight is 373 g/mol. The first-order chi connectivity index (χ1) is 13.7. The number of ketones is 1. The van der Waals surface area contributed by atoms with Gasteiger partial charge in [-0.05, 0) is 23.3 Å². The van der Waals surface area contributed by atoms with E-state index in [4.69, 9.17) is 4.74 Å². The van der Waals surface area contributed by atoms with Crippen LogP contribution in [0.2, 0.25) is 0 Å². The molecule has 1 unspecified atom stereocenters. The molecular weight excluding hydrogens is 350 g/mol. The van der Waals surface area contributed by atoms with Crippen LogP contribution in [-0.4, -0.2) is 18.8 Å². The molecule has 0 saturated carbocycles. The second kappa shape index (κ2) is 9.51. The zero-order valence-corrected chi connectivity index (χ0v) is 15.8. The fraction of sp³-hybridized carbons (Fsp3) is 0.167. The molecule has 0 aliphatic carbocycles. The molecule has 3 aromatic rings. The first kappa shape index (κ1) is 19.4. The summed E-state index contributed by atoms with van der Waals surface area (Å²) < 4.78 is 5.22. The number of ether oxygens (including phenoxy) is 1. The molecule has 0 aliphatic rings. The van der Waals surface area contributed by atoms with E-state index in [2.05, 4.69) is 5.32 Å². The van der Waals surface area contributed by atoms with Crippen LogP contribution >= 0.6 is 0 Å². The highest BCUT2D eigenvalue weighted by Crippen LogP contribution is 2.24. The summed E-state index contributed by atoms with van der Waals surface area (Å²) in [6, 6.07) is 26.1. The quantitative estimate of drug-likeness (QED) is 0.589. The summed E-state index contributed by atoms with van der Waals surface area (Å²) in [5.74, 6) is 0.570. The van der Waals surface area contributed by atoms with Crippen LogP contribution in [0, 0.1) is 0 Å². The maximum atomic E-state index is 12.6. The van der Waals surface area contributed by atoms with Crippen molar-refractivity contribution in [3.8, 4) is 5.75 Å². The molecule has 1 amide bonds.